The zero-order valence-corrected chi connectivity index (χ0v) is 8.97. The summed E-state index contributed by atoms with van der Waals surface area (Å²) in [7, 11) is 0. The van der Waals surface area contributed by atoms with Crippen molar-refractivity contribution in [3.63, 3.8) is 0 Å². The van der Waals surface area contributed by atoms with Crippen LogP contribution in [-0.2, 0) is 0 Å². The summed E-state index contributed by atoms with van der Waals surface area (Å²) in [6.07, 6.45) is 5.47. The van der Waals surface area contributed by atoms with Crippen molar-refractivity contribution < 1.29 is 9.90 Å². The van der Waals surface area contributed by atoms with Gasteiger partial charge in [-0.05, 0) is 11.6 Å². The van der Waals surface area contributed by atoms with E-state index >= 15 is 0 Å². The highest BCUT2D eigenvalue weighted by Gasteiger charge is 2.11. The lowest BCUT2D eigenvalue weighted by molar-refractivity contribution is 0.0696. The van der Waals surface area contributed by atoms with Crippen molar-refractivity contribution in [1.29, 1.82) is 0 Å². The van der Waals surface area contributed by atoms with Gasteiger partial charge in [-0.3, -0.25) is 4.98 Å². The first kappa shape index (κ1) is 9.84. The molecule has 1 aliphatic rings. The number of carbonyl (C=O) groups is 1. The highest BCUT2D eigenvalue weighted by Crippen LogP contribution is 2.29. The number of rotatable bonds is 1. The van der Waals surface area contributed by atoms with Gasteiger partial charge < -0.3 is 10.4 Å². The monoisotopic (exact) mass is 226 g/mol. The van der Waals surface area contributed by atoms with Gasteiger partial charge >= 0.3 is 5.97 Å². The number of anilines is 1. The zero-order chi connectivity index (χ0) is 11.8. The van der Waals surface area contributed by atoms with Crippen LogP contribution in [-0.4, -0.2) is 22.6 Å². The van der Waals surface area contributed by atoms with E-state index in [4.69, 9.17) is 5.11 Å². The van der Waals surface area contributed by atoms with Crippen molar-refractivity contribution in [1.82, 2.24) is 4.98 Å². The van der Waals surface area contributed by atoms with E-state index in [1.165, 1.54) is 6.20 Å². The molecule has 0 saturated heterocycles. The molecule has 0 aliphatic carbocycles. The second-order valence-corrected chi connectivity index (χ2v) is 3.91. The standard InChI is InChI=1S/C13H10N2O2/c16-13(17)10-6-9-4-3-8-2-1-5-14-11(8)12(9)15-7-10/h1-4,6-7,14H,5H2,(H,16,17). The first-order valence-electron chi connectivity index (χ1n) is 5.32. The van der Waals surface area contributed by atoms with Crippen molar-refractivity contribution >= 4 is 28.6 Å². The Morgan fingerprint density at radius 3 is 3.12 bits per heavy atom. The van der Waals surface area contributed by atoms with Gasteiger partial charge in [0, 0.05) is 18.1 Å². The van der Waals surface area contributed by atoms with Gasteiger partial charge in [-0.15, -0.1) is 0 Å². The van der Waals surface area contributed by atoms with Gasteiger partial charge in [-0.1, -0.05) is 24.3 Å². The molecule has 4 nitrogen and oxygen atoms in total. The largest absolute Gasteiger partial charge is 0.478 e. The van der Waals surface area contributed by atoms with E-state index in [-0.39, 0.29) is 5.56 Å². The number of pyridine rings is 1. The van der Waals surface area contributed by atoms with Crippen LogP contribution in [0.3, 0.4) is 0 Å². The Bertz CT molecular complexity index is 647. The van der Waals surface area contributed by atoms with E-state index in [0.29, 0.717) is 0 Å². The number of aromatic nitrogens is 1. The zero-order valence-electron chi connectivity index (χ0n) is 8.97. The maximum atomic E-state index is 10.9. The molecule has 0 fully saturated rings. The molecule has 0 radical (unpaired) electrons. The average Bonchev–Trinajstić information content (AvgIpc) is 2.38. The third-order valence-corrected chi connectivity index (χ3v) is 2.83. The molecule has 0 bridgehead atoms. The number of hydrogen-bond donors (Lipinski definition) is 2. The van der Waals surface area contributed by atoms with Crippen molar-refractivity contribution in [3.8, 4) is 0 Å². The Kier molecular flexibility index (Phi) is 2.08. The van der Waals surface area contributed by atoms with Crippen molar-refractivity contribution in [2.45, 2.75) is 0 Å². The lowest BCUT2D eigenvalue weighted by Crippen LogP contribution is -2.06. The van der Waals surface area contributed by atoms with Crippen LogP contribution in [0.4, 0.5) is 5.69 Å². The number of nitrogens with zero attached hydrogens (tertiary/aromatic N) is 1. The number of nitrogens with one attached hydrogen (secondary N) is 1. The third-order valence-electron chi connectivity index (χ3n) is 2.83. The van der Waals surface area contributed by atoms with E-state index < -0.39 is 5.97 Å². The average molecular weight is 226 g/mol. The SMILES string of the molecule is O=C(O)c1cnc2c3c(ccc2c1)C=CCN3. The maximum Gasteiger partial charge on any atom is 0.337 e. The van der Waals surface area contributed by atoms with Gasteiger partial charge in [-0.25, -0.2) is 4.79 Å². The Balaban J connectivity index is 2.28. The predicted molar refractivity (Wildman–Crippen MR) is 66.2 cm³/mol. The fourth-order valence-electron chi connectivity index (χ4n) is 2.01. The van der Waals surface area contributed by atoms with E-state index in [0.717, 1.165) is 28.7 Å². The van der Waals surface area contributed by atoms with Crippen LogP contribution >= 0.6 is 0 Å². The molecule has 2 heterocycles. The van der Waals surface area contributed by atoms with Gasteiger partial charge in [0.25, 0.3) is 0 Å². The molecule has 1 aromatic carbocycles. The third kappa shape index (κ3) is 1.54. The summed E-state index contributed by atoms with van der Waals surface area (Å²) in [5.74, 6) is -0.954. The van der Waals surface area contributed by atoms with Gasteiger partial charge in [0.15, 0.2) is 0 Å². The van der Waals surface area contributed by atoms with Crippen molar-refractivity contribution in [2.75, 3.05) is 11.9 Å². The highest BCUT2D eigenvalue weighted by atomic mass is 16.4. The number of fused-ring (bicyclic) bond motifs is 3. The minimum absolute atomic E-state index is 0.212. The van der Waals surface area contributed by atoms with E-state index in [2.05, 4.69) is 10.3 Å². The number of hydrogen-bond acceptors (Lipinski definition) is 3. The van der Waals surface area contributed by atoms with Crippen LogP contribution in [0.5, 0.6) is 0 Å². The molecule has 0 unspecified atom stereocenters. The summed E-state index contributed by atoms with van der Waals surface area (Å²) in [5, 5.41) is 13.0. The number of aromatic carboxylic acids is 1. The minimum Gasteiger partial charge on any atom is -0.478 e. The molecule has 0 saturated carbocycles. The number of carboxylic acid groups (broad SMARTS) is 1. The van der Waals surface area contributed by atoms with Crippen LogP contribution in [0.1, 0.15) is 15.9 Å². The molecule has 1 aromatic heterocycles. The van der Waals surface area contributed by atoms with Crippen LogP contribution in [0.25, 0.3) is 17.0 Å². The van der Waals surface area contributed by atoms with E-state index in [1.807, 2.05) is 24.3 Å². The van der Waals surface area contributed by atoms with Gasteiger partial charge in [0.2, 0.25) is 0 Å². The molecule has 1 aliphatic heterocycles. The molecule has 0 spiro atoms. The molecule has 17 heavy (non-hydrogen) atoms. The normalized spacial score (nSPS) is 13.2. The smallest absolute Gasteiger partial charge is 0.337 e. The van der Waals surface area contributed by atoms with Crippen LogP contribution in [0, 0.1) is 0 Å². The van der Waals surface area contributed by atoms with Crippen molar-refractivity contribution in [3.05, 3.63) is 41.6 Å². The Labute approximate surface area is 97.6 Å². The molecule has 2 N–H and O–H groups in total. The van der Waals surface area contributed by atoms with E-state index in [1.54, 1.807) is 6.07 Å². The number of benzene rings is 1. The molecule has 3 rings (SSSR count). The lowest BCUT2D eigenvalue weighted by atomic mass is 10.0. The molecule has 4 heteroatoms. The maximum absolute atomic E-state index is 10.9. The fraction of sp³-hybridized carbons (Fsp3) is 0.0769. The molecule has 2 aromatic rings. The predicted octanol–water partition coefficient (Wildman–Crippen LogP) is 2.37. The molecule has 0 amide bonds. The summed E-state index contributed by atoms with van der Waals surface area (Å²) in [6.45, 7) is 0.772. The Morgan fingerprint density at radius 2 is 2.29 bits per heavy atom. The minimum atomic E-state index is -0.954. The first-order valence-corrected chi connectivity index (χ1v) is 5.32. The second-order valence-electron chi connectivity index (χ2n) is 3.91. The topological polar surface area (TPSA) is 62.2 Å². The summed E-state index contributed by atoms with van der Waals surface area (Å²) in [5.41, 5.74) is 3.09. The van der Waals surface area contributed by atoms with Crippen LogP contribution in [0.15, 0.2) is 30.5 Å². The highest BCUT2D eigenvalue weighted by molar-refractivity contribution is 5.99. The molecule has 0 atom stereocenters. The second kappa shape index (κ2) is 3.59. The fourth-order valence-corrected chi connectivity index (χ4v) is 2.01. The van der Waals surface area contributed by atoms with Crippen molar-refractivity contribution in [2.24, 2.45) is 0 Å². The quantitative estimate of drug-likeness (QED) is 0.783. The molecular weight excluding hydrogens is 216 g/mol. The Hall–Kier alpha value is -2.36. The van der Waals surface area contributed by atoms with Crippen LogP contribution in [0.2, 0.25) is 0 Å². The lowest BCUT2D eigenvalue weighted by Gasteiger charge is -2.15. The Morgan fingerprint density at radius 1 is 1.41 bits per heavy atom. The summed E-state index contributed by atoms with van der Waals surface area (Å²) < 4.78 is 0. The summed E-state index contributed by atoms with van der Waals surface area (Å²) in [4.78, 5) is 15.1. The van der Waals surface area contributed by atoms with Gasteiger partial charge in [-0.2, -0.15) is 0 Å². The molecular formula is C13H10N2O2. The van der Waals surface area contributed by atoms with E-state index in [9.17, 15) is 4.79 Å². The molecule has 84 valence electrons. The van der Waals surface area contributed by atoms with Gasteiger partial charge in [0.1, 0.15) is 0 Å². The number of carboxylic acids is 1. The summed E-state index contributed by atoms with van der Waals surface area (Å²) in [6, 6.07) is 5.50. The summed E-state index contributed by atoms with van der Waals surface area (Å²) >= 11 is 0. The first-order chi connectivity index (χ1) is 8.25. The van der Waals surface area contributed by atoms with Gasteiger partial charge in [0.05, 0.1) is 16.8 Å². The van der Waals surface area contributed by atoms with Crippen LogP contribution < -0.4 is 5.32 Å².